The van der Waals surface area contributed by atoms with Crippen molar-refractivity contribution >= 4 is 0 Å². The summed E-state index contributed by atoms with van der Waals surface area (Å²) in [5, 5.41) is 9.62. The summed E-state index contributed by atoms with van der Waals surface area (Å²) in [6.45, 7) is 7.80. The van der Waals surface area contributed by atoms with Crippen LogP contribution in [0.3, 0.4) is 0 Å². The molecule has 0 aromatic rings. The average Bonchev–Trinajstić information content (AvgIpc) is 2.66. The van der Waals surface area contributed by atoms with E-state index in [1.807, 2.05) is 6.92 Å². The van der Waals surface area contributed by atoms with E-state index < -0.39 is 0 Å². The molecule has 0 amide bonds. The van der Waals surface area contributed by atoms with Crippen molar-refractivity contribution in [3.8, 4) is 0 Å². The summed E-state index contributed by atoms with van der Waals surface area (Å²) in [5.41, 5.74) is 1.14. The second kappa shape index (κ2) is 2.39. The Hall–Kier alpha value is -0.300. The summed E-state index contributed by atoms with van der Waals surface area (Å²) in [6, 6.07) is 0. The summed E-state index contributed by atoms with van der Waals surface area (Å²) in [5.74, 6) is 0. The minimum atomic E-state index is -0.252. The van der Waals surface area contributed by atoms with Crippen molar-refractivity contribution < 1.29 is 5.11 Å². The lowest BCUT2D eigenvalue weighted by Crippen LogP contribution is -2.21. The van der Waals surface area contributed by atoms with Crippen LogP contribution in [0.2, 0.25) is 0 Å². The van der Waals surface area contributed by atoms with E-state index in [1.54, 1.807) is 0 Å². The van der Waals surface area contributed by atoms with E-state index in [9.17, 15) is 5.11 Å². The summed E-state index contributed by atoms with van der Waals surface area (Å²) in [6.07, 6.45) is 3.19. The Balaban J connectivity index is 2.55. The maximum atomic E-state index is 9.62. The van der Waals surface area contributed by atoms with Crippen molar-refractivity contribution in [3.63, 3.8) is 0 Å². The van der Waals surface area contributed by atoms with Gasteiger partial charge in [-0.25, -0.2) is 0 Å². The highest BCUT2D eigenvalue weighted by Crippen LogP contribution is 2.52. The Morgan fingerprint density at radius 3 is 2.30 bits per heavy atom. The Morgan fingerprint density at radius 1 is 1.70 bits per heavy atom. The average molecular weight is 140 g/mol. The van der Waals surface area contributed by atoms with Crippen molar-refractivity contribution in [1.29, 1.82) is 0 Å². The number of aliphatic hydroxyl groups excluding tert-OH is 1. The monoisotopic (exact) mass is 140 g/mol. The van der Waals surface area contributed by atoms with Crippen molar-refractivity contribution in [3.05, 3.63) is 12.2 Å². The number of aliphatic hydroxyl groups is 1. The van der Waals surface area contributed by atoms with Crippen molar-refractivity contribution in [1.82, 2.24) is 0 Å². The first-order chi connectivity index (χ1) is 4.62. The van der Waals surface area contributed by atoms with E-state index in [0.717, 1.165) is 12.0 Å². The van der Waals surface area contributed by atoms with Crippen LogP contribution in [0.25, 0.3) is 0 Å². The molecule has 1 heteroatoms. The molecule has 1 rings (SSSR count). The fraction of sp³-hybridized carbons (Fsp3) is 0.778. The highest BCUT2D eigenvalue weighted by Gasteiger charge is 2.47. The van der Waals surface area contributed by atoms with Crippen LogP contribution in [0.15, 0.2) is 12.2 Å². The van der Waals surface area contributed by atoms with Crippen molar-refractivity contribution in [2.45, 2.75) is 39.2 Å². The first kappa shape index (κ1) is 7.80. The minimum Gasteiger partial charge on any atom is -0.388 e. The molecule has 0 spiro atoms. The van der Waals surface area contributed by atoms with Gasteiger partial charge in [0.25, 0.3) is 0 Å². The Labute approximate surface area is 62.8 Å². The maximum Gasteiger partial charge on any atom is 0.0800 e. The Kier molecular flexibility index (Phi) is 1.86. The lowest BCUT2D eigenvalue weighted by atomic mass is 9.92. The second-order valence-corrected chi connectivity index (χ2v) is 3.46. The van der Waals surface area contributed by atoms with Crippen LogP contribution in [0.5, 0.6) is 0 Å². The van der Waals surface area contributed by atoms with E-state index in [0.29, 0.717) is 0 Å². The zero-order valence-corrected chi connectivity index (χ0v) is 6.85. The van der Waals surface area contributed by atoms with Crippen LogP contribution in [0, 0.1) is 5.41 Å². The topological polar surface area (TPSA) is 20.2 Å². The molecular weight excluding hydrogens is 124 g/mol. The van der Waals surface area contributed by atoms with Gasteiger partial charge in [0.15, 0.2) is 0 Å². The predicted octanol–water partition coefficient (Wildman–Crippen LogP) is 2.11. The normalized spacial score (nSPS) is 23.9. The molecule has 0 aromatic carbocycles. The van der Waals surface area contributed by atoms with Crippen molar-refractivity contribution in [2.24, 2.45) is 5.41 Å². The molecule has 0 aliphatic heterocycles. The fourth-order valence-corrected chi connectivity index (χ4v) is 1.50. The van der Waals surface area contributed by atoms with E-state index in [4.69, 9.17) is 0 Å². The summed E-state index contributed by atoms with van der Waals surface area (Å²) in [7, 11) is 0. The lowest BCUT2D eigenvalue weighted by Gasteiger charge is -2.20. The molecule has 1 atom stereocenters. The number of hydrogen-bond acceptors (Lipinski definition) is 1. The van der Waals surface area contributed by atoms with E-state index in [-0.39, 0.29) is 11.5 Å². The molecule has 1 aliphatic carbocycles. The lowest BCUT2D eigenvalue weighted by molar-refractivity contribution is 0.123. The van der Waals surface area contributed by atoms with Crippen LogP contribution < -0.4 is 0 Å². The molecule has 1 nitrogen and oxygen atoms in total. The third-order valence-corrected chi connectivity index (χ3v) is 2.64. The molecule has 1 fully saturated rings. The highest BCUT2D eigenvalue weighted by molar-refractivity contribution is 5.11. The van der Waals surface area contributed by atoms with Gasteiger partial charge >= 0.3 is 0 Å². The van der Waals surface area contributed by atoms with Crippen LogP contribution >= 0.6 is 0 Å². The maximum absolute atomic E-state index is 9.62. The Bertz CT molecular complexity index is 145. The quantitative estimate of drug-likeness (QED) is 0.595. The molecule has 10 heavy (non-hydrogen) atoms. The molecule has 0 radical (unpaired) electrons. The molecule has 1 aliphatic rings. The van der Waals surface area contributed by atoms with Gasteiger partial charge in [-0.3, -0.25) is 0 Å². The van der Waals surface area contributed by atoms with Crippen molar-refractivity contribution in [2.75, 3.05) is 0 Å². The Morgan fingerprint density at radius 2 is 2.20 bits per heavy atom. The second-order valence-electron chi connectivity index (χ2n) is 3.46. The van der Waals surface area contributed by atoms with Gasteiger partial charge < -0.3 is 5.11 Å². The fourth-order valence-electron chi connectivity index (χ4n) is 1.50. The van der Waals surface area contributed by atoms with Gasteiger partial charge in [0.1, 0.15) is 0 Å². The number of rotatable bonds is 3. The molecule has 58 valence electrons. The first-order valence-corrected chi connectivity index (χ1v) is 3.96. The third kappa shape index (κ3) is 1.10. The molecule has 0 heterocycles. The van der Waals surface area contributed by atoms with Crippen LogP contribution in [-0.2, 0) is 0 Å². The van der Waals surface area contributed by atoms with E-state index in [2.05, 4.69) is 13.5 Å². The summed E-state index contributed by atoms with van der Waals surface area (Å²) in [4.78, 5) is 0. The highest BCUT2D eigenvalue weighted by atomic mass is 16.3. The third-order valence-electron chi connectivity index (χ3n) is 2.64. The smallest absolute Gasteiger partial charge is 0.0800 e. The molecule has 0 aromatic heterocycles. The molecule has 0 saturated heterocycles. The van der Waals surface area contributed by atoms with Gasteiger partial charge in [-0.1, -0.05) is 19.1 Å². The summed E-state index contributed by atoms with van der Waals surface area (Å²) >= 11 is 0. The van der Waals surface area contributed by atoms with Gasteiger partial charge in [-0.15, -0.1) is 0 Å². The zero-order chi connectivity index (χ0) is 7.78. The molecule has 1 unspecified atom stereocenters. The largest absolute Gasteiger partial charge is 0.388 e. The molecule has 1 N–H and O–H groups in total. The van der Waals surface area contributed by atoms with Gasteiger partial charge in [-0.05, 0) is 31.6 Å². The van der Waals surface area contributed by atoms with Crippen LogP contribution in [-0.4, -0.2) is 11.2 Å². The SMILES string of the molecule is C=C(C)C(O)C1(CC)CC1. The predicted molar refractivity (Wildman–Crippen MR) is 42.8 cm³/mol. The summed E-state index contributed by atoms with van der Waals surface area (Å²) < 4.78 is 0. The zero-order valence-electron chi connectivity index (χ0n) is 6.85. The van der Waals surface area contributed by atoms with Gasteiger partial charge in [0, 0.05) is 0 Å². The van der Waals surface area contributed by atoms with E-state index >= 15 is 0 Å². The molecular formula is C9H16O. The van der Waals surface area contributed by atoms with Gasteiger partial charge in [-0.2, -0.15) is 0 Å². The van der Waals surface area contributed by atoms with E-state index in [1.165, 1.54) is 12.8 Å². The van der Waals surface area contributed by atoms with Crippen LogP contribution in [0.4, 0.5) is 0 Å². The molecule has 0 bridgehead atoms. The van der Waals surface area contributed by atoms with Crippen LogP contribution in [0.1, 0.15) is 33.1 Å². The first-order valence-electron chi connectivity index (χ1n) is 3.96. The number of hydrogen-bond donors (Lipinski definition) is 1. The standard InChI is InChI=1S/C9H16O/c1-4-9(5-6-9)8(10)7(2)3/h8,10H,2,4-6H2,1,3H3. The van der Waals surface area contributed by atoms with Gasteiger partial charge in [0.2, 0.25) is 0 Å². The van der Waals surface area contributed by atoms with Gasteiger partial charge in [0.05, 0.1) is 6.10 Å². The minimum absolute atomic E-state index is 0.228. The molecule has 1 saturated carbocycles.